The lowest BCUT2D eigenvalue weighted by Crippen LogP contribution is -1.89. The van der Waals surface area contributed by atoms with Gasteiger partial charge in [0.1, 0.15) is 0 Å². The van der Waals surface area contributed by atoms with Crippen molar-refractivity contribution in [2.75, 3.05) is 0 Å². The van der Waals surface area contributed by atoms with Crippen molar-refractivity contribution in [2.24, 2.45) is 0 Å². The molecule has 3 heteroatoms. The molecule has 0 heterocycles. The third kappa shape index (κ3) is 2.55. The van der Waals surface area contributed by atoms with Gasteiger partial charge in [0.15, 0.2) is 0 Å². The maximum Gasteiger partial charge on any atom is 0.0992 e. The first-order valence-corrected chi connectivity index (χ1v) is 5.93. The van der Waals surface area contributed by atoms with Crippen LogP contribution in [0.2, 0.25) is 0 Å². The minimum Gasteiger partial charge on any atom is -0.392 e. The average molecular weight is 288 g/mol. The molecule has 0 bridgehead atoms. The molecule has 0 aromatic heterocycles. The van der Waals surface area contributed by atoms with Crippen LogP contribution in [0.5, 0.6) is 0 Å². The number of benzene rings is 2. The second kappa shape index (κ2) is 5.13. The number of nitriles is 1. The van der Waals surface area contributed by atoms with Crippen molar-refractivity contribution in [1.82, 2.24) is 0 Å². The summed E-state index contributed by atoms with van der Waals surface area (Å²) in [6.45, 7) is -0.00935. The van der Waals surface area contributed by atoms with E-state index >= 15 is 0 Å². The zero-order chi connectivity index (χ0) is 12.3. The van der Waals surface area contributed by atoms with E-state index in [0.717, 1.165) is 21.2 Å². The van der Waals surface area contributed by atoms with Gasteiger partial charge >= 0.3 is 0 Å². The first-order valence-electron chi connectivity index (χ1n) is 5.14. The van der Waals surface area contributed by atoms with Crippen molar-refractivity contribution in [3.05, 3.63) is 58.1 Å². The second-order valence-corrected chi connectivity index (χ2v) is 4.57. The van der Waals surface area contributed by atoms with Gasteiger partial charge in [0.2, 0.25) is 0 Å². The van der Waals surface area contributed by atoms with Crippen molar-refractivity contribution in [1.29, 1.82) is 5.26 Å². The van der Waals surface area contributed by atoms with Crippen LogP contribution < -0.4 is 0 Å². The highest BCUT2D eigenvalue weighted by atomic mass is 79.9. The van der Waals surface area contributed by atoms with E-state index in [2.05, 4.69) is 22.0 Å². The Morgan fingerprint density at radius 3 is 2.65 bits per heavy atom. The van der Waals surface area contributed by atoms with Crippen LogP contribution in [0.15, 0.2) is 46.9 Å². The predicted octanol–water partition coefficient (Wildman–Crippen LogP) is 3.48. The van der Waals surface area contributed by atoms with Crippen LogP contribution in [0.3, 0.4) is 0 Å². The summed E-state index contributed by atoms with van der Waals surface area (Å²) in [6, 6.07) is 15.3. The maximum atomic E-state index is 9.30. The highest BCUT2D eigenvalue weighted by molar-refractivity contribution is 9.10. The molecule has 0 unspecified atom stereocenters. The quantitative estimate of drug-likeness (QED) is 0.919. The van der Waals surface area contributed by atoms with E-state index in [-0.39, 0.29) is 6.61 Å². The minimum atomic E-state index is -0.00935. The average Bonchev–Trinajstić information content (AvgIpc) is 2.37. The summed E-state index contributed by atoms with van der Waals surface area (Å²) < 4.78 is 0.860. The largest absolute Gasteiger partial charge is 0.392 e. The van der Waals surface area contributed by atoms with E-state index in [4.69, 9.17) is 5.26 Å². The summed E-state index contributed by atoms with van der Waals surface area (Å²) in [7, 11) is 0. The smallest absolute Gasteiger partial charge is 0.0992 e. The van der Waals surface area contributed by atoms with Crippen molar-refractivity contribution >= 4 is 15.9 Å². The molecule has 0 amide bonds. The van der Waals surface area contributed by atoms with Crippen LogP contribution in [-0.4, -0.2) is 5.11 Å². The van der Waals surface area contributed by atoms with E-state index in [0.29, 0.717) is 5.56 Å². The van der Waals surface area contributed by atoms with Gasteiger partial charge in [-0.1, -0.05) is 40.2 Å². The van der Waals surface area contributed by atoms with Crippen molar-refractivity contribution in [3.63, 3.8) is 0 Å². The molecular weight excluding hydrogens is 278 g/mol. The molecule has 1 N–H and O–H groups in total. The normalized spacial score (nSPS) is 9.94. The molecule has 0 aliphatic carbocycles. The van der Waals surface area contributed by atoms with E-state index in [1.165, 1.54) is 0 Å². The fourth-order valence-electron chi connectivity index (χ4n) is 1.75. The highest BCUT2D eigenvalue weighted by Gasteiger charge is 2.06. The molecule has 0 fully saturated rings. The number of aliphatic hydroxyl groups is 1. The fourth-order valence-corrected chi connectivity index (χ4v) is 2.24. The van der Waals surface area contributed by atoms with Crippen LogP contribution >= 0.6 is 15.9 Å². The molecule has 0 radical (unpaired) electrons. The van der Waals surface area contributed by atoms with Gasteiger partial charge in [-0.2, -0.15) is 5.26 Å². The lowest BCUT2D eigenvalue weighted by atomic mass is 9.99. The Hall–Kier alpha value is -1.63. The Labute approximate surface area is 108 Å². The number of hydrogen-bond acceptors (Lipinski definition) is 2. The summed E-state index contributed by atoms with van der Waals surface area (Å²) in [5.41, 5.74) is 3.34. The first-order chi connectivity index (χ1) is 8.24. The summed E-state index contributed by atoms with van der Waals surface area (Å²) >= 11 is 3.38. The molecule has 2 aromatic rings. The molecule has 84 valence electrons. The number of nitrogens with zero attached hydrogens (tertiary/aromatic N) is 1. The van der Waals surface area contributed by atoms with Crippen molar-refractivity contribution in [2.45, 2.75) is 6.61 Å². The predicted molar refractivity (Wildman–Crippen MR) is 70.2 cm³/mol. The minimum absolute atomic E-state index is 0.00935. The van der Waals surface area contributed by atoms with Gasteiger partial charge in [-0.3, -0.25) is 0 Å². The van der Waals surface area contributed by atoms with Gasteiger partial charge in [0, 0.05) is 4.47 Å². The van der Waals surface area contributed by atoms with E-state index in [1.54, 1.807) is 6.07 Å². The van der Waals surface area contributed by atoms with Gasteiger partial charge in [-0.15, -0.1) is 0 Å². The molecule has 0 atom stereocenters. The molecule has 2 rings (SSSR count). The zero-order valence-corrected chi connectivity index (χ0v) is 10.6. The van der Waals surface area contributed by atoms with Gasteiger partial charge < -0.3 is 5.11 Å². The Balaban J connectivity index is 2.60. The monoisotopic (exact) mass is 287 g/mol. The van der Waals surface area contributed by atoms with Gasteiger partial charge in [-0.25, -0.2) is 0 Å². The Kier molecular flexibility index (Phi) is 3.58. The van der Waals surface area contributed by atoms with Gasteiger partial charge in [-0.05, 0) is 34.9 Å². The number of hydrogen-bond donors (Lipinski definition) is 1. The molecule has 0 saturated carbocycles. The summed E-state index contributed by atoms with van der Waals surface area (Å²) in [6.07, 6.45) is 0. The number of halogens is 1. The molecule has 2 nitrogen and oxygen atoms in total. The molecule has 0 spiro atoms. The van der Waals surface area contributed by atoms with Crippen LogP contribution in [-0.2, 0) is 6.61 Å². The first kappa shape index (κ1) is 11.8. The van der Waals surface area contributed by atoms with E-state index < -0.39 is 0 Å². The zero-order valence-electron chi connectivity index (χ0n) is 9.02. The standard InChI is InChI=1S/C14H10BrNO/c15-13-6-10(8-16)5-12(7-13)14-4-2-1-3-11(14)9-17/h1-7,17H,9H2. The fraction of sp³-hybridized carbons (Fsp3) is 0.0714. The summed E-state index contributed by atoms with van der Waals surface area (Å²) in [5.74, 6) is 0. The third-order valence-electron chi connectivity index (χ3n) is 2.53. The Bertz CT molecular complexity index is 587. The van der Waals surface area contributed by atoms with Gasteiger partial charge in [0.05, 0.1) is 18.2 Å². The Morgan fingerprint density at radius 1 is 1.18 bits per heavy atom. The van der Waals surface area contributed by atoms with Crippen molar-refractivity contribution < 1.29 is 5.11 Å². The van der Waals surface area contributed by atoms with Gasteiger partial charge in [0.25, 0.3) is 0 Å². The molecular formula is C14H10BrNO. The molecule has 0 aliphatic heterocycles. The topological polar surface area (TPSA) is 44.0 Å². The lowest BCUT2D eigenvalue weighted by molar-refractivity contribution is 0.282. The van der Waals surface area contributed by atoms with Crippen molar-refractivity contribution in [3.8, 4) is 17.2 Å². The second-order valence-electron chi connectivity index (χ2n) is 3.66. The SMILES string of the molecule is N#Cc1cc(Br)cc(-c2ccccc2CO)c1. The number of rotatable bonds is 2. The van der Waals surface area contributed by atoms with Crippen LogP contribution in [0.4, 0.5) is 0 Å². The van der Waals surface area contributed by atoms with E-state index in [9.17, 15) is 5.11 Å². The van der Waals surface area contributed by atoms with E-state index in [1.807, 2.05) is 36.4 Å². The maximum absolute atomic E-state index is 9.30. The molecule has 2 aromatic carbocycles. The van der Waals surface area contributed by atoms with Crippen LogP contribution in [0, 0.1) is 11.3 Å². The lowest BCUT2D eigenvalue weighted by Gasteiger charge is -2.08. The summed E-state index contributed by atoms with van der Waals surface area (Å²) in [5, 5.41) is 18.2. The molecule has 17 heavy (non-hydrogen) atoms. The summed E-state index contributed by atoms with van der Waals surface area (Å²) in [4.78, 5) is 0. The molecule has 0 aliphatic rings. The van der Waals surface area contributed by atoms with Crippen LogP contribution in [0.1, 0.15) is 11.1 Å². The molecule has 0 saturated heterocycles. The third-order valence-corrected chi connectivity index (χ3v) is 2.98. The number of aliphatic hydroxyl groups excluding tert-OH is 1. The highest BCUT2D eigenvalue weighted by Crippen LogP contribution is 2.27. The van der Waals surface area contributed by atoms with Crippen LogP contribution in [0.25, 0.3) is 11.1 Å². The Morgan fingerprint density at radius 2 is 1.94 bits per heavy atom.